The standard InChI is InChI=1S/C16H14N2O4.C15H12N2O4/c1-2-22-14-6-4-9(8-13(14)19)15-17-11-5-3-10(16(20)21)7-12(11)18-15;1-21-13-5-3-8(7-12(13)18)14-16-10-4-2-9(15(19)20)6-11(10)17-14/h3-8,19H,2H2,1H3,(H,17,18)(H,20,21);2-7,18H,1H3,(H,16,17)(H,19,20). The van der Waals surface area contributed by atoms with Gasteiger partial charge < -0.3 is 39.9 Å². The van der Waals surface area contributed by atoms with Crippen molar-refractivity contribution >= 4 is 34.0 Å². The smallest absolute Gasteiger partial charge is 0.335 e. The number of aromatic carboxylic acids is 2. The van der Waals surface area contributed by atoms with E-state index in [1.165, 1.54) is 37.4 Å². The largest absolute Gasteiger partial charge is 0.504 e. The number of nitrogens with zero attached hydrogens (tertiary/aromatic N) is 2. The third-order valence-corrected chi connectivity index (χ3v) is 6.44. The fourth-order valence-electron chi connectivity index (χ4n) is 4.34. The van der Waals surface area contributed by atoms with Gasteiger partial charge in [-0.3, -0.25) is 0 Å². The van der Waals surface area contributed by atoms with E-state index >= 15 is 0 Å². The van der Waals surface area contributed by atoms with E-state index in [0.29, 0.717) is 62.9 Å². The molecule has 4 aromatic carbocycles. The van der Waals surface area contributed by atoms with Crippen LogP contribution in [0.2, 0.25) is 0 Å². The van der Waals surface area contributed by atoms with Gasteiger partial charge in [-0.1, -0.05) is 0 Å². The number of hydrogen-bond acceptors (Lipinski definition) is 8. The Kier molecular flexibility index (Phi) is 7.84. The van der Waals surface area contributed by atoms with Crippen LogP contribution in [0.4, 0.5) is 0 Å². The molecule has 0 unspecified atom stereocenters. The third kappa shape index (κ3) is 6.03. The molecule has 0 radical (unpaired) electrons. The monoisotopic (exact) mass is 582 g/mol. The van der Waals surface area contributed by atoms with Crippen LogP contribution in [0.3, 0.4) is 0 Å². The number of aromatic hydroxyl groups is 2. The van der Waals surface area contributed by atoms with Gasteiger partial charge >= 0.3 is 11.9 Å². The molecule has 0 aliphatic carbocycles. The van der Waals surface area contributed by atoms with Crippen molar-refractivity contribution < 1.29 is 39.5 Å². The van der Waals surface area contributed by atoms with Gasteiger partial charge in [-0.2, -0.15) is 0 Å². The van der Waals surface area contributed by atoms with Crippen LogP contribution in [0.5, 0.6) is 23.0 Å². The molecule has 0 spiro atoms. The maximum Gasteiger partial charge on any atom is 0.335 e. The average molecular weight is 583 g/mol. The molecule has 6 N–H and O–H groups in total. The number of rotatable bonds is 7. The highest BCUT2D eigenvalue weighted by atomic mass is 16.5. The van der Waals surface area contributed by atoms with E-state index in [4.69, 9.17) is 19.7 Å². The Balaban J connectivity index is 0.000000171. The lowest BCUT2D eigenvalue weighted by atomic mass is 10.2. The highest BCUT2D eigenvalue weighted by Crippen LogP contribution is 2.32. The first kappa shape index (κ1) is 28.5. The molecule has 43 heavy (non-hydrogen) atoms. The molecule has 0 aliphatic rings. The zero-order chi connectivity index (χ0) is 30.7. The lowest BCUT2D eigenvalue weighted by Gasteiger charge is -2.06. The van der Waals surface area contributed by atoms with Crippen LogP contribution >= 0.6 is 0 Å². The topological polar surface area (TPSA) is 191 Å². The van der Waals surface area contributed by atoms with E-state index in [0.717, 1.165) is 0 Å². The van der Waals surface area contributed by atoms with Crippen LogP contribution < -0.4 is 9.47 Å². The number of carbonyl (C=O) groups is 2. The minimum absolute atomic E-state index is 0.0154. The van der Waals surface area contributed by atoms with Crippen molar-refractivity contribution in [1.29, 1.82) is 0 Å². The van der Waals surface area contributed by atoms with Crippen LogP contribution in [0.25, 0.3) is 44.8 Å². The number of aromatic amines is 2. The molecule has 12 heteroatoms. The molecule has 6 rings (SSSR count). The van der Waals surface area contributed by atoms with E-state index in [9.17, 15) is 19.8 Å². The van der Waals surface area contributed by atoms with Crippen LogP contribution in [0, 0.1) is 0 Å². The van der Waals surface area contributed by atoms with Gasteiger partial charge in [-0.25, -0.2) is 19.6 Å². The lowest BCUT2D eigenvalue weighted by molar-refractivity contribution is 0.0686. The molecule has 0 saturated heterocycles. The summed E-state index contributed by atoms with van der Waals surface area (Å²) in [7, 11) is 1.48. The van der Waals surface area contributed by atoms with Crippen molar-refractivity contribution in [3.8, 4) is 45.8 Å². The Morgan fingerprint density at radius 2 is 1.16 bits per heavy atom. The second kappa shape index (κ2) is 11.8. The molecule has 0 fully saturated rings. The van der Waals surface area contributed by atoms with E-state index < -0.39 is 11.9 Å². The number of imidazole rings is 2. The van der Waals surface area contributed by atoms with E-state index in [1.807, 2.05) is 6.92 Å². The summed E-state index contributed by atoms with van der Waals surface area (Å²) >= 11 is 0. The summed E-state index contributed by atoms with van der Waals surface area (Å²) in [5, 5.41) is 37.7. The molecule has 2 aromatic heterocycles. The molecule has 12 nitrogen and oxygen atoms in total. The van der Waals surface area contributed by atoms with Gasteiger partial charge in [0.05, 0.1) is 46.9 Å². The number of methoxy groups -OCH3 is 1. The molecule has 0 amide bonds. The molecule has 0 atom stereocenters. The van der Waals surface area contributed by atoms with Gasteiger partial charge in [-0.15, -0.1) is 0 Å². The van der Waals surface area contributed by atoms with Gasteiger partial charge in [0.25, 0.3) is 0 Å². The Bertz CT molecular complexity index is 1980. The van der Waals surface area contributed by atoms with Crippen molar-refractivity contribution in [1.82, 2.24) is 19.9 Å². The first-order valence-electron chi connectivity index (χ1n) is 13.0. The SMILES string of the molecule is CCOc1ccc(-c2nc3ccc(C(=O)O)cc3[nH]2)cc1O.COc1ccc(-c2nc3ccc(C(=O)O)cc3[nH]2)cc1O. The number of hydrogen-bond donors (Lipinski definition) is 6. The van der Waals surface area contributed by atoms with E-state index in [1.54, 1.807) is 42.5 Å². The van der Waals surface area contributed by atoms with E-state index in [2.05, 4.69) is 19.9 Å². The predicted molar refractivity (Wildman–Crippen MR) is 158 cm³/mol. The normalized spacial score (nSPS) is 10.7. The number of phenolic OH excluding ortho intramolecular Hbond substituents is 2. The fourth-order valence-corrected chi connectivity index (χ4v) is 4.34. The first-order chi connectivity index (χ1) is 20.7. The summed E-state index contributed by atoms with van der Waals surface area (Å²) in [5.41, 5.74) is 4.32. The second-order valence-electron chi connectivity index (χ2n) is 9.25. The molecule has 0 saturated carbocycles. The maximum atomic E-state index is 11.0. The molecule has 6 aromatic rings. The van der Waals surface area contributed by atoms with Gasteiger partial charge in [0.2, 0.25) is 0 Å². The summed E-state index contributed by atoms with van der Waals surface area (Å²) in [6, 6.07) is 19.3. The van der Waals surface area contributed by atoms with Gasteiger partial charge in [-0.05, 0) is 79.7 Å². The van der Waals surface area contributed by atoms with Gasteiger partial charge in [0, 0.05) is 11.1 Å². The Labute approximate surface area is 243 Å². The predicted octanol–water partition coefficient (Wildman–Crippen LogP) is 5.67. The quantitative estimate of drug-likeness (QED) is 0.137. The lowest BCUT2D eigenvalue weighted by Crippen LogP contribution is -1.94. The number of carboxylic acid groups (broad SMARTS) is 2. The van der Waals surface area contributed by atoms with Crippen LogP contribution in [-0.2, 0) is 0 Å². The van der Waals surface area contributed by atoms with Crippen molar-refractivity contribution in [3.05, 3.63) is 83.9 Å². The third-order valence-electron chi connectivity index (χ3n) is 6.44. The van der Waals surface area contributed by atoms with Gasteiger partial charge in [0.15, 0.2) is 23.0 Å². The first-order valence-corrected chi connectivity index (χ1v) is 13.0. The fraction of sp³-hybridized carbons (Fsp3) is 0.0968. The van der Waals surface area contributed by atoms with Crippen LogP contribution in [0.1, 0.15) is 27.6 Å². The average Bonchev–Trinajstić information content (AvgIpc) is 3.62. The number of nitrogens with one attached hydrogen (secondary N) is 2. The highest BCUT2D eigenvalue weighted by molar-refractivity contribution is 5.94. The van der Waals surface area contributed by atoms with Gasteiger partial charge in [0.1, 0.15) is 11.6 Å². The molecule has 0 bridgehead atoms. The Morgan fingerprint density at radius 3 is 1.56 bits per heavy atom. The van der Waals surface area contributed by atoms with Crippen LogP contribution in [0.15, 0.2) is 72.8 Å². The minimum Gasteiger partial charge on any atom is -0.504 e. The molecule has 218 valence electrons. The summed E-state index contributed by atoms with van der Waals surface area (Å²) in [6.45, 7) is 2.31. The summed E-state index contributed by atoms with van der Waals surface area (Å²) in [6.07, 6.45) is 0. The molecular weight excluding hydrogens is 556 g/mol. The summed E-state index contributed by atoms with van der Waals surface area (Å²) in [4.78, 5) is 36.8. The van der Waals surface area contributed by atoms with Crippen molar-refractivity contribution in [2.45, 2.75) is 6.92 Å². The van der Waals surface area contributed by atoms with Crippen molar-refractivity contribution in [2.75, 3.05) is 13.7 Å². The Hall–Kier alpha value is -6.04. The van der Waals surface area contributed by atoms with Crippen molar-refractivity contribution in [3.63, 3.8) is 0 Å². The zero-order valence-electron chi connectivity index (χ0n) is 23.0. The number of carboxylic acids is 2. The Morgan fingerprint density at radius 1 is 0.698 bits per heavy atom. The number of ether oxygens (including phenoxy) is 2. The maximum absolute atomic E-state index is 11.0. The zero-order valence-corrected chi connectivity index (χ0v) is 23.0. The van der Waals surface area contributed by atoms with Crippen molar-refractivity contribution in [2.24, 2.45) is 0 Å². The number of aromatic nitrogens is 4. The van der Waals surface area contributed by atoms with E-state index in [-0.39, 0.29) is 22.6 Å². The minimum atomic E-state index is -0.991. The molecule has 0 aliphatic heterocycles. The van der Waals surface area contributed by atoms with Crippen LogP contribution in [-0.4, -0.2) is 66.0 Å². The molecular formula is C31H26N4O8. The molecule has 2 heterocycles. The highest BCUT2D eigenvalue weighted by Gasteiger charge is 2.12. The summed E-state index contributed by atoms with van der Waals surface area (Å²) in [5.74, 6) is -0.0421. The number of benzene rings is 4. The number of H-pyrrole nitrogens is 2. The number of phenols is 2. The summed E-state index contributed by atoms with van der Waals surface area (Å²) < 4.78 is 10.3. The number of fused-ring (bicyclic) bond motifs is 2. The second-order valence-corrected chi connectivity index (χ2v) is 9.25.